The van der Waals surface area contributed by atoms with Gasteiger partial charge in [0.15, 0.2) is 0 Å². The Morgan fingerprint density at radius 1 is 1.08 bits per heavy atom. The molecule has 4 nitrogen and oxygen atoms in total. The van der Waals surface area contributed by atoms with Crippen molar-refractivity contribution in [2.45, 2.75) is 19.9 Å². The van der Waals surface area contributed by atoms with E-state index in [9.17, 15) is 9.18 Å². The highest BCUT2D eigenvalue weighted by molar-refractivity contribution is 7.09. The van der Waals surface area contributed by atoms with Crippen LogP contribution < -0.4 is 10.6 Å². The number of nitrogens with zero attached hydrogens (tertiary/aromatic N) is 1. The van der Waals surface area contributed by atoms with Gasteiger partial charge in [-0.25, -0.2) is 9.37 Å². The van der Waals surface area contributed by atoms with Crippen molar-refractivity contribution in [1.82, 2.24) is 4.98 Å². The number of aromatic nitrogens is 1. The average Bonchev–Trinajstić information content (AvgIpc) is 3.04. The summed E-state index contributed by atoms with van der Waals surface area (Å²) in [4.78, 5) is 16.7. The molecule has 0 saturated carbocycles. The first-order chi connectivity index (χ1) is 12.0. The highest BCUT2D eigenvalue weighted by Gasteiger charge is 2.13. The predicted octanol–water partition coefficient (Wildman–Crippen LogP) is 4.70. The minimum absolute atomic E-state index is 0.189. The molecule has 2 aromatic carbocycles. The number of carbonyl (C=O) groups is 1. The van der Waals surface area contributed by atoms with E-state index in [0.29, 0.717) is 5.69 Å². The zero-order valence-corrected chi connectivity index (χ0v) is 14.7. The molecule has 1 aromatic heterocycles. The van der Waals surface area contributed by atoms with Crippen LogP contribution in [-0.2, 0) is 4.79 Å². The van der Waals surface area contributed by atoms with Gasteiger partial charge in [-0.15, -0.1) is 11.3 Å². The van der Waals surface area contributed by atoms with Crippen LogP contribution >= 0.6 is 11.3 Å². The second kappa shape index (κ2) is 7.44. The van der Waals surface area contributed by atoms with E-state index in [1.807, 2.05) is 36.6 Å². The van der Waals surface area contributed by atoms with Crippen molar-refractivity contribution in [3.05, 3.63) is 64.7 Å². The van der Waals surface area contributed by atoms with Gasteiger partial charge in [0, 0.05) is 22.3 Å². The fourth-order valence-corrected chi connectivity index (χ4v) is 2.95. The lowest BCUT2D eigenvalue weighted by molar-refractivity contribution is -0.116. The molecule has 1 atom stereocenters. The third-order valence-electron chi connectivity index (χ3n) is 3.69. The Labute approximate surface area is 149 Å². The number of benzene rings is 2. The summed E-state index contributed by atoms with van der Waals surface area (Å²) in [6, 6.07) is 13.0. The minimum Gasteiger partial charge on any atom is -0.374 e. The number of thiazole rings is 1. The Hall–Kier alpha value is -2.73. The molecule has 0 aliphatic heterocycles. The first kappa shape index (κ1) is 17.1. The van der Waals surface area contributed by atoms with E-state index in [4.69, 9.17) is 0 Å². The summed E-state index contributed by atoms with van der Waals surface area (Å²) >= 11 is 1.62. The monoisotopic (exact) mass is 355 g/mol. The van der Waals surface area contributed by atoms with Gasteiger partial charge in [-0.1, -0.05) is 12.1 Å². The molecule has 0 unspecified atom stereocenters. The van der Waals surface area contributed by atoms with Gasteiger partial charge in [0.05, 0.1) is 10.7 Å². The van der Waals surface area contributed by atoms with Gasteiger partial charge in [0.2, 0.25) is 5.91 Å². The summed E-state index contributed by atoms with van der Waals surface area (Å²) in [5, 5.41) is 8.96. The maximum Gasteiger partial charge on any atom is 0.246 e. The van der Waals surface area contributed by atoms with Crippen molar-refractivity contribution in [3.63, 3.8) is 0 Å². The van der Waals surface area contributed by atoms with E-state index < -0.39 is 6.04 Å². The Morgan fingerprint density at radius 3 is 2.32 bits per heavy atom. The number of nitrogens with one attached hydrogen (secondary N) is 2. The number of aryl methyl sites for hydroxylation is 1. The van der Waals surface area contributed by atoms with Crippen molar-refractivity contribution in [2.75, 3.05) is 10.6 Å². The first-order valence-electron chi connectivity index (χ1n) is 7.87. The number of halogens is 1. The van der Waals surface area contributed by atoms with Crippen molar-refractivity contribution in [3.8, 4) is 11.3 Å². The number of amides is 1. The second-order valence-electron chi connectivity index (χ2n) is 5.69. The molecule has 0 fully saturated rings. The maximum atomic E-state index is 12.9. The van der Waals surface area contributed by atoms with E-state index in [-0.39, 0.29) is 11.7 Å². The molecule has 0 radical (unpaired) electrons. The molecular formula is C19H18FN3OS. The number of hydrogen-bond donors (Lipinski definition) is 2. The van der Waals surface area contributed by atoms with Crippen molar-refractivity contribution < 1.29 is 9.18 Å². The van der Waals surface area contributed by atoms with Crippen LogP contribution in [0.5, 0.6) is 0 Å². The molecule has 25 heavy (non-hydrogen) atoms. The molecule has 3 rings (SSSR count). The predicted molar refractivity (Wildman–Crippen MR) is 100 cm³/mol. The molecule has 128 valence electrons. The summed E-state index contributed by atoms with van der Waals surface area (Å²) in [7, 11) is 0. The molecule has 0 bridgehead atoms. The Kier molecular flexibility index (Phi) is 5.09. The van der Waals surface area contributed by atoms with Crippen molar-refractivity contribution in [2.24, 2.45) is 0 Å². The molecule has 0 saturated heterocycles. The van der Waals surface area contributed by atoms with E-state index in [0.717, 1.165) is 22.0 Å². The molecule has 0 aliphatic rings. The third kappa shape index (κ3) is 4.42. The van der Waals surface area contributed by atoms with Gasteiger partial charge in [-0.05, 0) is 50.2 Å². The highest BCUT2D eigenvalue weighted by atomic mass is 32.1. The van der Waals surface area contributed by atoms with Crippen LogP contribution in [0.2, 0.25) is 0 Å². The number of hydrogen-bond acceptors (Lipinski definition) is 4. The third-order valence-corrected chi connectivity index (χ3v) is 4.46. The smallest absolute Gasteiger partial charge is 0.246 e. The van der Waals surface area contributed by atoms with E-state index in [1.165, 1.54) is 24.3 Å². The van der Waals surface area contributed by atoms with Gasteiger partial charge in [-0.3, -0.25) is 4.79 Å². The summed E-state index contributed by atoms with van der Waals surface area (Å²) in [5.74, 6) is -0.523. The Morgan fingerprint density at radius 2 is 1.72 bits per heavy atom. The Bertz CT molecular complexity index is 859. The summed E-state index contributed by atoms with van der Waals surface area (Å²) < 4.78 is 12.9. The molecule has 2 N–H and O–H groups in total. The summed E-state index contributed by atoms with van der Waals surface area (Å²) in [6.07, 6.45) is 0. The normalized spacial score (nSPS) is 11.8. The number of rotatable bonds is 5. The summed E-state index contributed by atoms with van der Waals surface area (Å²) in [6.45, 7) is 3.75. The molecule has 3 aromatic rings. The van der Waals surface area contributed by atoms with Crippen LogP contribution in [0.1, 0.15) is 11.9 Å². The van der Waals surface area contributed by atoms with E-state index in [1.54, 1.807) is 18.3 Å². The summed E-state index contributed by atoms with van der Waals surface area (Å²) in [5.41, 5.74) is 3.40. The highest BCUT2D eigenvalue weighted by Crippen LogP contribution is 2.23. The van der Waals surface area contributed by atoms with Gasteiger partial charge < -0.3 is 10.6 Å². The number of anilines is 2. The van der Waals surface area contributed by atoms with Gasteiger partial charge in [-0.2, -0.15) is 0 Å². The zero-order valence-electron chi connectivity index (χ0n) is 13.9. The fourth-order valence-electron chi connectivity index (χ4n) is 2.33. The first-order valence-corrected chi connectivity index (χ1v) is 8.75. The fraction of sp³-hybridized carbons (Fsp3) is 0.158. The largest absolute Gasteiger partial charge is 0.374 e. The molecule has 0 aliphatic carbocycles. The standard InChI is InChI=1S/C19H18FN3OS/c1-12(19(24)23-17-9-5-15(20)6-10-17)21-16-7-3-14(4-8-16)18-11-25-13(2)22-18/h3-12,21H,1-2H3,(H,23,24)/t12-/m1/s1. The second-order valence-corrected chi connectivity index (χ2v) is 6.75. The van der Waals surface area contributed by atoms with Crippen molar-refractivity contribution >= 4 is 28.6 Å². The minimum atomic E-state index is -0.433. The molecule has 6 heteroatoms. The number of carbonyl (C=O) groups excluding carboxylic acids is 1. The topological polar surface area (TPSA) is 54.0 Å². The van der Waals surface area contributed by atoms with Crippen LogP contribution in [0.4, 0.5) is 15.8 Å². The van der Waals surface area contributed by atoms with Crippen LogP contribution in [-0.4, -0.2) is 16.9 Å². The molecule has 1 heterocycles. The van der Waals surface area contributed by atoms with Crippen LogP contribution in [0.15, 0.2) is 53.9 Å². The SMILES string of the molecule is Cc1nc(-c2ccc(N[C@H](C)C(=O)Nc3ccc(F)cc3)cc2)cs1. The average molecular weight is 355 g/mol. The van der Waals surface area contributed by atoms with E-state index in [2.05, 4.69) is 15.6 Å². The zero-order chi connectivity index (χ0) is 17.8. The quantitative estimate of drug-likeness (QED) is 0.698. The van der Waals surface area contributed by atoms with Crippen LogP contribution in [0.3, 0.4) is 0 Å². The molecule has 0 spiro atoms. The van der Waals surface area contributed by atoms with Gasteiger partial charge >= 0.3 is 0 Å². The molecular weight excluding hydrogens is 337 g/mol. The lowest BCUT2D eigenvalue weighted by Gasteiger charge is -2.15. The van der Waals surface area contributed by atoms with Gasteiger partial charge in [0.1, 0.15) is 11.9 Å². The van der Waals surface area contributed by atoms with E-state index >= 15 is 0 Å². The van der Waals surface area contributed by atoms with Gasteiger partial charge in [0.25, 0.3) is 0 Å². The van der Waals surface area contributed by atoms with Crippen LogP contribution in [0, 0.1) is 12.7 Å². The molecule has 1 amide bonds. The van der Waals surface area contributed by atoms with Crippen molar-refractivity contribution in [1.29, 1.82) is 0 Å². The lowest BCUT2D eigenvalue weighted by atomic mass is 10.1. The van der Waals surface area contributed by atoms with Crippen LogP contribution in [0.25, 0.3) is 11.3 Å². The lowest BCUT2D eigenvalue weighted by Crippen LogP contribution is -2.31. The Balaban J connectivity index is 1.61. The maximum absolute atomic E-state index is 12.9.